The first-order valence-electron chi connectivity index (χ1n) is 4.65. The lowest BCUT2D eigenvalue weighted by atomic mass is 10.3. The Hall–Kier alpha value is -2.11. The molecule has 5 nitrogen and oxygen atoms in total. The van der Waals surface area contributed by atoms with Crippen molar-refractivity contribution >= 4 is 5.91 Å². The normalized spacial score (nSPS) is 10.4. The van der Waals surface area contributed by atoms with E-state index in [2.05, 4.69) is 14.7 Å². The molecule has 0 unspecified atom stereocenters. The lowest BCUT2D eigenvalue weighted by Gasteiger charge is -2.13. The monoisotopic (exact) mass is 223 g/mol. The molecule has 16 heavy (non-hydrogen) atoms. The van der Waals surface area contributed by atoms with Gasteiger partial charge in [-0.1, -0.05) is 5.16 Å². The summed E-state index contributed by atoms with van der Waals surface area (Å²) in [5.41, 5.74) is 0.853. The number of carbonyl (C=O) groups is 1. The van der Waals surface area contributed by atoms with Gasteiger partial charge >= 0.3 is 0 Å². The molecule has 0 radical (unpaired) electrons. The van der Waals surface area contributed by atoms with E-state index >= 15 is 0 Å². The number of hydrogen-bond acceptors (Lipinski definition) is 3. The molecule has 2 rings (SSSR count). The summed E-state index contributed by atoms with van der Waals surface area (Å²) in [4.78, 5) is 15.7. The van der Waals surface area contributed by atoms with Crippen LogP contribution in [0.15, 0.2) is 29.1 Å². The van der Waals surface area contributed by atoms with E-state index in [1.165, 1.54) is 11.2 Å². The summed E-state index contributed by atoms with van der Waals surface area (Å²) in [6.07, 6.45) is 2.57. The van der Waals surface area contributed by atoms with Crippen LogP contribution in [-0.2, 0) is 6.54 Å². The molecular weight excluding hydrogens is 213 g/mol. The van der Waals surface area contributed by atoms with Crippen LogP contribution in [0.2, 0.25) is 0 Å². The predicted molar refractivity (Wildman–Crippen MR) is 53.1 cm³/mol. The van der Waals surface area contributed by atoms with E-state index in [-0.39, 0.29) is 11.6 Å². The van der Waals surface area contributed by atoms with Gasteiger partial charge in [0.15, 0.2) is 0 Å². The molecule has 0 atom stereocenters. The fourth-order valence-corrected chi connectivity index (χ4v) is 1.33. The quantitative estimate of drug-likeness (QED) is 0.855. The van der Waals surface area contributed by atoms with E-state index in [9.17, 15) is 9.18 Å². The van der Waals surface area contributed by atoms with Gasteiger partial charge in [-0.05, 0) is 0 Å². The third kappa shape index (κ3) is 2.10. The van der Waals surface area contributed by atoms with Gasteiger partial charge in [0.25, 0.3) is 5.91 Å². The Morgan fingerprint density at radius 1 is 1.69 bits per heavy atom. The summed E-state index contributed by atoms with van der Waals surface area (Å²) in [6.45, 7) is 0.315. The molecule has 1 amide bonds. The van der Waals surface area contributed by atoms with Crippen molar-refractivity contribution in [3.63, 3.8) is 0 Å². The highest BCUT2D eigenvalue weighted by Crippen LogP contribution is 2.07. The van der Waals surface area contributed by atoms with Crippen LogP contribution in [0, 0.1) is 5.82 Å². The Morgan fingerprint density at radius 3 is 3.06 bits per heavy atom. The third-order valence-corrected chi connectivity index (χ3v) is 2.12. The minimum atomic E-state index is -0.460. The fraction of sp³-hybridized carbons (Fsp3) is 0.200. The average Bonchev–Trinajstić information content (AvgIpc) is 2.88. The molecule has 6 heteroatoms. The first-order valence-corrected chi connectivity index (χ1v) is 4.65. The number of H-pyrrole nitrogens is 1. The van der Waals surface area contributed by atoms with Crippen LogP contribution in [0.5, 0.6) is 0 Å². The van der Waals surface area contributed by atoms with Crippen LogP contribution in [0.3, 0.4) is 0 Å². The van der Waals surface area contributed by atoms with E-state index in [0.29, 0.717) is 12.2 Å². The average molecular weight is 223 g/mol. The largest absolute Gasteiger partial charge is 0.364 e. The van der Waals surface area contributed by atoms with Gasteiger partial charge in [-0.25, -0.2) is 4.39 Å². The SMILES string of the molecule is CN(Cc1ccon1)C(=O)c1cc(F)c[nH]1. The number of rotatable bonds is 3. The maximum atomic E-state index is 12.7. The highest BCUT2D eigenvalue weighted by atomic mass is 19.1. The van der Waals surface area contributed by atoms with Gasteiger partial charge in [-0.15, -0.1) is 0 Å². The number of halogens is 1. The van der Waals surface area contributed by atoms with Crippen LogP contribution >= 0.6 is 0 Å². The molecule has 84 valence electrons. The van der Waals surface area contributed by atoms with E-state index < -0.39 is 5.82 Å². The molecule has 1 N–H and O–H groups in total. The molecule has 2 aromatic heterocycles. The standard InChI is InChI=1S/C10H10FN3O2/c1-14(6-8-2-3-16-13-8)10(15)9-4-7(11)5-12-9/h2-5,12H,6H2,1H3. The van der Waals surface area contributed by atoms with Gasteiger partial charge in [0.2, 0.25) is 0 Å². The zero-order chi connectivity index (χ0) is 11.5. The Balaban J connectivity index is 2.05. The zero-order valence-corrected chi connectivity index (χ0v) is 8.61. The number of nitrogens with one attached hydrogen (secondary N) is 1. The summed E-state index contributed by atoms with van der Waals surface area (Å²) < 4.78 is 17.3. The summed E-state index contributed by atoms with van der Waals surface area (Å²) in [6, 6.07) is 2.82. The van der Waals surface area contributed by atoms with Crippen molar-refractivity contribution < 1.29 is 13.7 Å². The molecule has 0 saturated carbocycles. The topological polar surface area (TPSA) is 62.1 Å². The van der Waals surface area contributed by atoms with Crippen molar-refractivity contribution in [3.8, 4) is 0 Å². The second-order valence-electron chi connectivity index (χ2n) is 3.38. The van der Waals surface area contributed by atoms with Crippen molar-refractivity contribution in [1.82, 2.24) is 15.0 Å². The Kier molecular flexibility index (Phi) is 2.72. The Labute approximate surface area is 90.8 Å². The van der Waals surface area contributed by atoms with Crippen LogP contribution in [0.1, 0.15) is 16.2 Å². The van der Waals surface area contributed by atoms with E-state index in [1.807, 2.05) is 0 Å². The van der Waals surface area contributed by atoms with Crippen molar-refractivity contribution in [2.75, 3.05) is 7.05 Å². The number of aromatic amines is 1. The highest BCUT2D eigenvalue weighted by Gasteiger charge is 2.14. The van der Waals surface area contributed by atoms with Gasteiger partial charge in [0.1, 0.15) is 23.5 Å². The van der Waals surface area contributed by atoms with E-state index in [1.54, 1.807) is 13.1 Å². The molecule has 2 aromatic rings. The number of aromatic nitrogens is 2. The maximum Gasteiger partial charge on any atom is 0.270 e. The molecule has 0 fully saturated rings. The lowest BCUT2D eigenvalue weighted by molar-refractivity contribution is 0.0777. The molecule has 0 aromatic carbocycles. The number of carbonyl (C=O) groups excluding carboxylic acids is 1. The van der Waals surface area contributed by atoms with Crippen molar-refractivity contribution in [2.24, 2.45) is 0 Å². The molecule has 0 saturated heterocycles. The molecule has 0 aliphatic carbocycles. The molecule has 0 spiro atoms. The highest BCUT2D eigenvalue weighted by molar-refractivity contribution is 5.92. The van der Waals surface area contributed by atoms with Crippen LogP contribution < -0.4 is 0 Å². The minimum absolute atomic E-state index is 0.212. The molecule has 0 aliphatic rings. The van der Waals surface area contributed by atoms with Gasteiger partial charge in [-0.2, -0.15) is 0 Å². The van der Waals surface area contributed by atoms with Gasteiger partial charge in [0.05, 0.1) is 6.54 Å². The number of hydrogen-bond donors (Lipinski definition) is 1. The van der Waals surface area contributed by atoms with E-state index in [4.69, 9.17) is 0 Å². The summed E-state index contributed by atoms with van der Waals surface area (Å²) in [7, 11) is 1.61. The maximum absolute atomic E-state index is 12.7. The predicted octanol–water partition coefficient (Wildman–Crippen LogP) is 1.41. The van der Waals surface area contributed by atoms with Gasteiger partial charge in [-0.3, -0.25) is 4.79 Å². The molecule has 2 heterocycles. The first-order chi connectivity index (χ1) is 7.66. The summed E-state index contributed by atoms with van der Waals surface area (Å²) >= 11 is 0. The number of nitrogens with zero attached hydrogens (tertiary/aromatic N) is 2. The zero-order valence-electron chi connectivity index (χ0n) is 8.61. The van der Waals surface area contributed by atoms with Gasteiger partial charge in [0, 0.05) is 25.4 Å². The van der Waals surface area contributed by atoms with Crippen LogP contribution in [-0.4, -0.2) is 28.0 Å². The van der Waals surface area contributed by atoms with Crippen molar-refractivity contribution in [1.29, 1.82) is 0 Å². The van der Waals surface area contributed by atoms with Crippen LogP contribution in [0.25, 0.3) is 0 Å². The molecule has 0 aliphatic heterocycles. The third-order valence-electron chi connectivity index (χ3n) is 2.12. The fourth-order valence-electron chi connectivity index (χ4n) is 1.33. The summed E-state index contributed by atoms with van der Waals surface area (Å²) in [5.74, 6) is -0.759. The van der Waals surface area contributed by atoms with Crippen molar-refractivity contribution in [3.05, 3.63) is 41.8 Å². The van der Waals surface area contributed by atoms with Gasteiger partial charge < -0.3 is 14.4 Å². The number of amides is 1. The smallest absolute Gasteiger partial charge is 0.270 e. The minimum Gasteiger partial charge on any atom is -0.364 e. The summed E-state index contributed by atoms with van der Waals surface area (Å²) in [5, 5.41) is 3.68. The lowest BCUT2D eigenvalue weighted by Crippen LogP contribution is -2.26. The Morgan fingerprint density at radius 2 is 2.50 bits per heavy atom. The second kappa shape index (κ2) is 4.18. The van der Waals surface area contributed by atoms with Crippen molar-refractivity contribution in [2.45, 2.75) is 6.54 Å². The van der Waals surface area contributed by atoms with E-state index in [0.717, 1.165) is 12.3 Å². The Bertz CT molecular complexity index is 478. The molecular formula is C10H10FN3O2. The molecule has 0 bridgehead atoms. The second-order valence-corrected chi connectivity index (χ2v) is 3.38. The van der Waals surface area contributed by atoms with Crippen LogP contribution in [0.4, 0.5) is 4.39 Å². The first kappa shape index (κ1) is 10.4.